The number of carbonyl (C=O) groups is 1. The normalized spacial score (nSPS) is 24.4. The van der Waals surface area contributed by atoms with Crippen LogP contribution >= 0.6 is 0 Å². The van der Waals surface area contributed by atoms with Crippen LogP contribution in [-0.2, 0) is 16.1 Å². The van der Waals surface area contributed by atoms with E-state index in [1.54, 1.807) is 0 Å². The predicted octanol–water partition coefficient (Wildman–Crippen LogP) is 5.83. The molecule has 3 nitrogen and oxygen atoms in total. The zero-order chi connectivity index (χ0) is 22.6. The number of ether oxygens (including phenoxy) is 1. The van der Waals surface area contributed by atoms with Gasteiger partial charge in [-0.25, -0.2) is 4.79 Å². The summed E-state index contributed by atoms with van der Waals surface area (Å²) in [6.45, 7) is 10.2. The summed E-state index contributed by atoms with van der Waals surface area (Å²) in [7, 11) is 0. The Morgan fingerprint density at radius 3 is 2.06 bits per heavy atom. The molecule has 1 aliphatic rings. The third-order valence-corrected chi connectivity index (χ3v) is 6.96. The Labute approximate surface area is 191 Å². The van der Waals surface area contributed by atoms with Crippen molar-refractivity contribution in [1.82, 2.24) is 0 Å². The van der Waals surface area contributed by atoms with E-state index in [1.165, 1.54) is 11.1 Å². The average molecular weight is 427 g/mol. The minimum absolute atomic E-state index is 0.0828. The zero-order valence-corrected chi connectivity index (χ0v) is 19.0. The van der Waals surface area contributed by atoms with Gasteiger partial charge in [0.05, 0.1) is 12.5 Å². The lowest BCUT2D eigenvalue weighted by Gasteiger charge is -2.62. The summed E-state index contributed by atoms with van der Waals surface area (Å²) in [5.41, 5.74) is 4.73. The lowest BCUT2D eigenvalue weighted by molar-refractivity contribution is -1.01. The average Bonchev–Trinajstić information content (AvgIpc) is 2.83. The molecule has 4 rings (SSSR count). The smallest absolute Gasteiger partial charge is 0.361 e. The van der Waals surface area contributed by atoms with Crippen LogP contribution in [0.4, 0.5) is 0 Å². The molecule has 1 saturated heterocycles. The molecule has 32 heavy (non-hydrogen) atoms. The molecule has 0 saturated carbocycles. The lowest BCUT2D eigenvalue weighted by atomic mass is 9.68. The lowest BCUT2D eigenvalue weighted by Crippen LogP contribution is -2.75. The first-order chi connectivity index (χ1) is 15.6. The minimum atomic E-state index is -0.146. The first-order valence-corrected chi connectivity index (χ1v) is 11.4. The van der Waals surface area contributed by atoms with Crippen LogP contribution in [0, 0.1) is 0 Å². The summed E-state index contributed by atoms with van der Waals surface area (Å²) in [6.07, 6.45) is 0. The van der Waals surface area contributed by atoms with Crippen molar-refractivity contribution >= 4 is 11.5 Å². The third-order valence-electron chi connectivity index (χ3n) is 6.96. The number of hydrogen-bond donors (Lipinski definition) is 0. The highest BCUT2D eigenvalue weighted by atomic mass is 16.5. The van der Waals surface area contributed by atoms with Crippen LogP contribution in [0.25, 0.3) is 5.57 Å². The monoisotopic (exact) mass is 426 g/mol. The summed E-state index contributed by atoms with van der Waals surface area (Å²) < 4.78 is 6.07. The molecule has 1 unspecified atom stereocenters. The second kappa shape index (κ2) is 9.54. The quantitative estimate of drug-likeness (QED) is 0.334. The maximum Gasteiger partial charge on any atom is 0.361 e. The molecule has 1 aliphatic heterocycles. The van der Waals surface area contributed by atoms with E-state index in [9.17, 15) is 4.79 Å². The first kappa shape index (κ1) is 22.0. The Bertz CT molecular complexity index is 1050. The predicted molar refractivity (Wildman–Crippen MR) is 130 cm³/mol. The van der Waals surface area contributed by atoms with Crippen molar-refractivity contribution in [3.8, 4) is 0 Å². The summed E-state index contributed by atoms with van der Waals surface area (Å²) in [5.74, 6) is 0.134. The molecule has 1 fully saturated rings. The number of nitrogens with zero attached hydrogens (tertiary/aromatic N) is 1. The molecular weight excluding hydrogens is 394 g/mol. The second-order valence-corrected chi connectivity index (χ2v) is 8.72. The van der Waals surface area contributed by atoms with Gasteiger partial charge in [0.1, 0.15) is 18.6 Å². The van der Waals surface area contributed by atoms with E-state index in [0.717, 1.165) is 17.7 Å². The molecule has 0 aliphatic carbocycles. The van der Waals surface area contributed by atoms with E-state index in [4.69, 9.17) is 4.74 Å². The van der Waals surface area contributed by atoms with E-state index in [-0.39, 0.29) is 24.0 Å². The van der Waals surface area contributed by atoms with Gasteiger partial charge in [-0.15, -0.1) is 0 Å². The molecule has 164 valence electrons. The molecule has 3 aromatic rings. The number of likely N-dealkylation sites (tertiary alicyclic amines) is 1. The molecule has 4 atom stereocenters. The zero-order valence-electron chi connectivity index (χ0n) is 19.0. The fourth-order valence-corrected chi connectivity index (χ4v) is 5.45. The number of carbonyl (C=O) groups excluding carboxylic acids is 1. The second-order valence-electron chi connectivity index (χ2n) is 8.72. The van der Waals surface area contributed by atoms with Crippen molar-refractivity contribution in [3.05, 3.63) is 114 Å². The van der Waals surface area contributed by atoms with Crippen LogP contribution in [0.15, 0.2) is 97.6 Å². The van der Waals surface area contributed by atoms with Gasteiger partial charge in [-0.05, 0) is 25.0 Å². The highest BCUT2D eigenvalue weighted by Crippen LogP contribution is 2.53. The van der Waals surface area contributed by atoms with Gasteiger partial charge in [-0.1, -0.05) is 97.6 Å². The van der Waals surface area contributed by atoms with Crippen molar-refractivity contribution in [2.24, 2.45) is 0 Å². The molecule has 0 bridgehead atoms. The Morgan fingerprint density at radius 1 is 0.906 bits per heavy atom. The fourth-order valence-electron chi connectivity index (χ4n) is 5.45. The van der Waals surface area contributed by atoms with E-state index >= 15 is 0 Å². The SMILES string of the molecule is C=C(c1ccccc1)[C@@H]1[C@@H](c2ccccc2)[C@H](C)[N+]1(CC(=O)OCC)Cc1ccccc1. The maximum atomic E-state index is 12.9. The molecule has 0 spiro atoms. The number of hydrogen-bond acceptors (Lipinski definition) is 2. The minimum Gasteiger partial charge on any atom is -0.462 e. The van der Waals surface area contributed by atoms with Crippen LogP contribution in [0.3, 0.4) is 0 Å². The van der Waals surface area contributed by atoms with Crippen LogP contribution < -0.4 is 0 Å². The highest BCUT2D eigenvalue weighted by molar-refractivity contribution is 5.73. The standard InChI is InChI=1S/C29H32NO2/c1-4-32-27(31)21-30(20-24-14-8-5-9-15-24)23(3)28(26-18-12-7-13-19-26)29(30)22(2)25-16-10-6-11-17-25/h5-19,23,28-29H,2,4,20-21H2,1,3H3/q+1/t23-,28+,29+,30?/m0/s1. The third kappa shape index (κ3) is 4.13. The first-order valence-electron chi connectivity index (χ1n) is 11.4. The van der Waals surface area contributed by atoms with Gasteiger partial charge in [0.25, 0.3) is 0 Å². The van der Waals surface area contributed by atoms with Gasteiger partial charge in [-0.3, -0.25) is 0 Å². The number of quaternary nitrogens is 1. The van der Waals surface area contributed by atoms with Crippen molar-refractivity contribution in [3.63, 3.8) is 0 Å². The summed E-state index contributed by atoms with van der Waals surface area (Å²) in [6, 6.07) is 31.8. The Morgan fingerprint density at radius 2 is 1.47 bits per heavy atom. The van der Waals surface area contributed by atoms with Crippen LogP contribution in [0.5, 0.6) is 0 Å². The largest absolute Gasteiger partial charge is 0.462 e. The molecule has 0 radical (unpaired) electrons. The molecule has 0 amide bonds. The van der Waals surface area contributed by atoms with Gasteiger partial charge in [0.2, 0.25) is 0 Å². The number of esters is 1. The Hall–Kier alpha value is -3.17. The number of rotatable bonds is 8. The van der Waals surface area contributed by atoms with E-state index in [1.807, 2.05) is 19.1 Å². The van der Waals surface area contributed by atoms with Crippen molar-refractivity contribution in [2.45, 2.75) is 38.4 Å². The van der Waals surface area contributed by atoms with Crippen LogP contribution in [0.2, 0.25) is 0 Å². The Balaban J connectivity index is 1.80. The molecule has 1 heterocycles. The molecule has 0 aromatic heterocycles. The van der Waals surface area contributed by atoms with Gasteiger partial charge in [0, 0.05) is 11.1 Å². The van der Waals surface area contributed by atoms with E-state index in [2.05, 4.69) is 92.4 Å². The Kier molecular flexibility index (Phi) is 6.57. The van der Waals surface area contributed by atoms with Crippen molar-refractivity contribution in [1.29, 1.82) is 0 Å². The molecule has 3 heteroatoms. The summed E-state index contributed by atoms with van der Waals surface area (Å²) in [5, 5.41) is 0. The van der Waals surface area contributed by atoms with E-state index in [0.29, 0.717) is 17.6 Å². The molecule has 0 N–H and O–H groups in total. The van der Waals surface area contributed by atoms with E-state index < -0.39 is 0 Å². The van der Waals surface area contributed by atoms with Crippen LogP contribution in [-0.4, -0.2) is 35.7 Å². The van der Waals surface area contributed by atoms with Crippen molar-refractivity contribution < 1.29 is 14.0 Å². The highest BCUT2D eigenvalue weighted by Gasteiger charge is 2.62. The van der Waals surface area contributed by atoms with Gasteiger partial charge in [-0.2, -0.15) is 0 Å². The number of benzene rings is 3. The van der Waals surface area contributed by atoms with Crippen molar-refractivity contribution in [2.75, 3.05) is 13.2 Å². The topological polar surface area (TPSA) is 26.3 Å². The fraction of sp³-hybridized carbons (Fsp3) is 0.276. The molecule has 3 aromatic carbocycles. The summed E-state index contributed by atoms with van der Waals surface area (Å²) >= 11 is 0. The van der Waals surface area contributed by atoms with Gasteiger partial charge in [0.15, 0.2) is 6.54 Å². The molecular formula is C29H32NO2+. The maximum absolute atomic E-state index is 12.9. The van der Waals surface area contributed by atoms with Gasteiger partial charge >= 0.3 is 5.97 Å². The van der Waals surface area contributed by atoms with Crippen LogP contribution in [0.1, 0.15) is 36.5 Å². The van der Waals surface area contributed by atoms with Gasteiger partial charge < -0.3 is 9.22 Å². The summed E-state index contributed by atoms with van der Waals surface area (Å²) in [4.78, 5) is 12.9.